The van der Waals surface area contributed by atoms with E-state index in [1.165, 1.54) is 0 Å². The van der Waals surface area contributed by atoms with Crippen LogP contribution in [0.25, 0.3) is 0 Å². The third-order valence-corrected chi connectivity index (χ3v) is 1.28. The van der Waals surface area contributed by atoms with Gasteiger partial charge in [0.25, 0.3) is 0 Å². The lowest BCUT2D eigenvalue weighted by molar-refractivity contribution is 0.145. The molecule has 0 radical (unpaired) electrons. The summed E-state index contributed by atoms with van der Waals surface area (Å²) < 4.78 is 4.78. The second-order valence-electron chi connectivity index (χ2n) is 2.11. The molecule has 0 rings (SSSR count). The van der Waals surface area contributed by atoms with E-state index in [-0.39, 0.29) is 6.09 Å². The average Bonchev–Trinajstić information content (AvgIpc) is 2.01. The molecule has 66 valence electrons. The molecule has 0 aliphatic carbocycles. The quantitative estimate of drug-likeness (QED) is 0.516. The Labute approximate surface area is 72.1 Å². The van der Waals surface area contributed by atoms with E-state index in [9.17, 15) is 4.79 Å². The predicted octanol–water partition coefficient (Wildman–Crippen LogP) is 1.75. The van der Waals surface area contributed by atoms with Crippen molar-refractivity contribution in [2.45, 2.75) is 19.8 Å². The zero-order valence-electron chi connectivity index (χ0n) is 6.73. The number of rotatable bonds is 5. The Hall–Kier alpha value is -0.440. The summed E-state index contributed by atoms with van der Waals surface area (Å²) in [4.78, 5) is 10.7. The first-order chi connectivity index (χ1) is 5.31. The van der Waals surface area contributed by atoms with Gasteiger partial charge in [0.05, 0.1) is 6.61 Å². The minimum atomic E-state index is -0.376. The maximum atomic E-state index is 10.7. The first kappa shape index (κ1) is 10.6. The van der Waals surface area contributed by atoms with E-state index >= 15 is 0 Å². The average molecular weight is 180 g/mol. The number of hydrogen-bond donors (Lipinski definition) is 1. The van der Waals surface area contributed by atoms with E-state index in [1.54, 1.807) is 0 Å². The van der Waals surface area contributed by atoms with E-state index in [2.05, 4.69) is 5.32 Å². The summed E-state index contributed by atoms with van der Waals surface area (Å²) in [5, 5.41) is 2.50. The van der Waals surface area contributed by atoms with E-state index in [1.807, 2.05) is 6.92 Å². The fraction of sp³-hybridized carbons (Fsp3) is 0.857. The standard InChI is InChI=1S/C7H14ClNO2/c1-2-3-6-11-7(10)9-5-4-8/h2-6H2,1H3,(H,9,10). The van der Waals surface area contributed by atoms with Gasteiger partial charge < -0.3 is 10.1 Å². The van der Waals surface area contributed by atoms with Crippen LogP contribution in [0.1, 0.15) is 19.8 Å². The molecule has 1 N–H and O–H groups in total. The molecule has 0 aliphatic rings. The van der Waals surface area contributed by atoms with Crippen molar-refractivity contribution >= 4 is 17.7 Å². The van der Waals surface area contributed by atoms with Gasteiger partial charge in [0.1, 0.15) is 0 Å². The van der Waals surface area contributed by atoms with E-state index < -0.39 is 0 Å². The van der Waals surface area contributed by atoms with Crippen LogP contribution in [0.2, 0.25) is 0 Å². The first-order valence-corrected chi connectivity index (χ1v) is 4.31. The minimum absolute atomic E-state index is 0.376. The zero-order chi connectivity index (χ0) is 8.53. The fourth-order valence-electron chi connectivity index (χ4n) is 0.510. The van der Waals surface area contributed by atoms with Crippen LogP contribution < -0.4 is 5.32 Å². The van der Waals surface area contributed by atoms with Crippen molar-refractivity contribution in [1.82, 2.24) is 5.32 Å². The smallest absolute Gasteiger partial charge is 0.407 e. The Bertz CT molecular complexity index is 109. The highest BCUT2D eigenvalue weighted by Gasteiger charge is 1.97. The fourth-order valence-corrected chi connectivity index (χ4v) is 0.604. The highest BCUT2D eigenvalue weighted by atomic mass is 35.5. The van der Waals surface area contributed by atoms with Crippen LogP contribution in [-0.2, 0) is 4.74 Å². The van der Waals surface area contributed by atoms with Gasteiger partial charge in [0.2, 0.25) is 0 Å². The number of halogens is 1. The maximum Gasteiger partial charge on any atom is 0.407 e. The molecule has 0 aromatic carbocycles. The highest BCUT2D eigenvalue weighted by Crippen LogP contribution is 1.87. The molecule has 4 heteroatoms. The Morgan fingerprint density at radius 1 is 1.64 bits per heavy atom. The van der Waals surface area contributed by atoms with E-state index in [0.29, 0.717) is 19.0 Å². The van der Waals surface area contributed by atoms with Crippen LogP contribution in [0.15, 0.2) is 0 Å². The van der Waals surface area contributed by atoms with Crippen molar-refractivity contribution in [3.05, 3.63) is 0 Å². The van der Waals surface area contributed by atoms with E-state index in [4.69, 9.17) is 16.3 Å². The number of alkyl carbamates (subject to hydrolysis) is 1. The topological polar surface area (TPSA) is 38.3 Å². The van der Waals surface area contributed by atoms with Gasteiger partial charge in [-0.2, -0.15) is 0 Å². The summed E-state index contributed by atoms with van der Waals surface area (Å²) in [6, 6.07) is 0. The molecule has 0 bridgehead atoms. The summed E-state index contributed by atoms with van der Waals surface area (Å²) in [5.74, 6) is 0.420. The number of amides is 1. The number of unbranched alkanes of at least 4 members (excludes halogenated alkanes) is 1. The summed E-state index contributed by atoms with van der Waals surface area (Å²) in [6.45, 7) is 3.00. The molecule has 0 fully saturated rings. The predicted molar refractivity (Wildman–Crippen MR) is 45.0 cm³/mol. The second kappa shape index (κ2) is 7.66. The number of hydrogen-bond acceptors (Lipinski definition) is 2. The summed E-state index contributed by atoms with van der Waals surface area (Å²) >= 11 is 5.34. The molecule has 3 nitrogen and oxygen atoms in total. The molecule has 0 unspecified atom stereocenters. The van der Waals surface area contributed by atoms with Crippen LogP contribution in [0.4, 0.5) is 4.79 Å². The maximum absolute atomic E-state index is 10.7. The van der Waals surface area contributed by atoms with Gasteiger partial charge in [-0.3, -0.25) is 0 Å². The molecule has 11 heavy (non-hydrogen) atoms. The number of ether oxygens (including phenoxy) is 1. The van der Waals surface area contributed by atoms with Crippen LogP contribution >= 0.6 is 11.6 Å². The molecular weight excluding hydrogens is 166 g/mol. The van der Waals surface area contributed by atoms with Gasteiger partial charge >= 0.3 is 6.09 Å². The third-order valence-electron chi connectivity index (χ3n) is 1.09. The number of carbonyl (C=O) groups is 1. The second-order valence-corrected chi connectivity index (χ2v) is 2.48. The SMILES string of the molecule is CCCCOC(=O)NCCCl. The van der Waals surface area contributed by atoms with Crippen molar-refractivity contribution in [2.24, 2.45) is 0 Å². The molecule has 0 spiro atoms. The molecule has 0 saturated heterocycles. The number of carbonyl (C=O) groups excluding carboxylic acids is 1. The molecule has 0 heterocycles. The summed E-state index contributed by atoms with van der Waals surface area (Å²) in [6.07, 6.45) is 1.57. The van der Waals surface area contributed by atoms with Crippen molar-refractivity contribution in [2.75, 3.05) is 19.0 Å². The third kappa shape index (κ3) is 7.46. The minimum Gasteiger partial charge on any atom is -0.450 e. The van der Waals surface area contributed by atoms with Crippen LogP contribution in [0.5, 0.6) is 0 Å². The normalized spacial score (nSPS) is 9.27. The molecule has 0 aromatic heterocycles. The molecule has 0 aromatic rings. The van der Waals surface area contributed by atoms with Crippen LogP contribution in [0, 0.1) is 0 Å². The van der Waals surface area contributed by atoms with Gasteiger partial charge in [0, 0.05) is 12.4 Å². The number of nitrogens with one attached hydrogen (secondary N) is 1. The first-order valence-electron chi connectivity index (χ1n) is 3.77. The van der Waals surface area contributed by atoms with Crippen LogP contribution in [0.3, 0.4) is 0 Å². The Balaban J connectivity index is 3.09. The van der Waals surface area contributed by atoms with Crippen molar-refractivity contribution in [3.8, 4) is 0 Å². The summed E-state index contributed by atoms with van der Waals surface area (Å²) in [5.41, 5.74) is 0. The highest BCUT2D eigenvalue weighted by molar-refractivity contribution is 6.18. The lowest BCUT2D eigenvalue weighted by Gasteiger charge is -2.03. The monoisotopic (exact) mass is 179 g/mol. The zero-order valence-corrected chi connectivity index (χ0v) is 7.49. The molecular formula is C7H14ClNO2. The molecule has 1 amide bonds. The van der Waals surface area contributed by atoms with Gasteiger partial charge in [-0.1, -0.05) is 13.3 Å². The van der Waals surface area contributed by atoms with Gasteiger partial charge in [-0.25, -0.2) is 4.79 Å². The van der Waals surface area contributed by atoms with Crippen molar-refractivity contribution in [3.63, 3.8) is 0 Å². The largest absolute Gasteiger partial charge is 0.450 e. The van der Waals surface area contributed by atoms with Crippen molar-refractivity contribution < 1.29 is 9.53 Å². The van der Waals surface area contributed by atoms with E-state index in [0.717, 1.165) is 12.8 Å². The molecule has 0 aliphatic heterocycles. The lowest BCUT2D eigenvalue weighted by Crippen LogP contribution is -2.26. The van der Waals surface area contributed by atoms with Gasteiger partial charge in [-0.15, -0.1) is 11.6 Å². The Kier molecular flexibility index (Phi) is 7.36. The van der Waals surface area contributed by atoms with Gasteiger partial charge in [0.15, 0.2) is 0 Å². The van der Waals surface area contributed by atoms with Crippen molar-refractivity contribution in [1.29, 1.82) is 0 Å². The Morgan fingerprint density at radius 2 is 2.36 bits per heavy atom. The lowest BCUT2D eigenvalue weighted by atomic mass is 10.4. The molecule has 0 atom stereocenters. The Morgan fingerprint density at radius 3 is 2.91 bits per heavy atom. The van der Waals surface area contributed by atoms with Crippen LogP contribution in [-0.4, -0.2) is 25.1 Å². The molecule has 0 saturated carbocycles. The number of alkyl halides is 1. The summed E-state index contributed by atoms with van der Waals surface area (Å²) in [7, 11) is 0. The van der Waals surface area contributed by atoms with Gasteiger partial charge in [-0.05, 0) is 6.42 Å².